The largest absolute Gasteiger partial charge is 0.297 e. The van der Waals surface area contributed by atoms with Gasteiger partial charge in [0.2, 0.25) is 0 Å². The van der Waals surface area contributed by atoms with Crippen LogP contribution in [0.25, 0.3) is 0 Å². The van der Waals surface area contributed by atoms with Crippen LogP contribution in [-0.2, 0) is 6.54 Å². The number of pyridine rings is 1. The van der Waals surface area contributed by atoms with Gasteiger partial charge >= 0.3 is 0 Å². The summed E-state index contributed by atoms with van der Waals surface area (Å²) < 4.78 is 1.31. The fourth-order valence-corrected chi connectivity index (χ4v) is 1.59. The van der Waals surface area contributed by atoms with Crippen LogP contribution in [0.5, 0.6) is 0 Å². The van der Waals surface area contributed by atoms with Gasteiger partial charge in [0.15, 0.2) is 0 Å². The monoisotopic (exact) mass is 225 g/mol. The summed E-state index contributed by atoms with van der Waals surface area (Å²) in [6, 6.07) is 1.35. The maximum absolute atomic E-state index is 11.3. The zero-order valence-corrected chi connectivity index (χ0v) is 8.54. The molecule has 1 aromatic heterocycles. The highest BCUT2D eigenvalue weighted by atomic mass is 35.5. The van der Waals surface area contributed by atoms with Crippen LogP contribution in [0.2, 0.25) is 15.2 Å². The fourth-order valence-electron chi connectivity index (χ4n) is 0.862. The number of aromatic nitrogens is 1. The smallest absolute Gasteiger partial charge is 0.270 e. The maximum Gasteiger partial charge on any atom is 0.270 e. The van der Waals surface area contributed by atoms with Crippen LogP contribution in [0.15, 0.2) is 10.9 Å². The Morgan fingerprint density at radius 2 is 1.92 bits per heavy atom. The second-order valence-corrected chi connectivity index (χ2v) is 3.35. The minimum atomic E-state index is -0.312. The highest BCUT2D eigenvalue weighted by molar-refractivity contribution is 6.42. The number of hydrogen-bond acceptors (Lipinski definition) is 1. The molecule has 1 aromatic rings. The molecule has 0 spiro atoms. The Kier molecular flexibility index (Phi) is 3.04. The van der Waals surface area contributed by atoms with Crippen molar-refractivity contribution in [3.63, 3.8) is 0 Å². The van der Waals surface area contributed by atoms with Crippen molar-refractivity contribution in [2.45, 2.75) is 13.5 Å². The Balaban J connectivity index is 3.53. The Bertz CT molecular complexity index is 358. The predicted molar refractivity (Wildman–Crippen MR) is 51.4 cm³/mol. The third-order valence-electron chi connectivity index (χ3n) is 1.45. The van der Waals surface area contributed by atoms with E-state index in [1.165, 1.54) is 10.6 Å². The maximum atomic E-state index is 11.3. The van der Waals surface area contributed by atoms with E-state index in [9.17, 15) is 4.79 Å². The van der Waals surface area contributed by atoms with E-state index in [1.54, 1.807) is 6.92 Å². The summed E-state index contributed by atoms with van der Waals surface area (Å²) in [5.41, 5.74) is -0.312. The standard InChI is InChI=1S/C7H6Cl3NO/c1-2-11-6(10)4(8)3-5(9)7(11)12/h3H,2H2,1H3. The van der Waals surface area contributed by atoms with Gasteiger partial charge < -0.3 is 0 Å². The van der Waals surface area contributed by atoms with Gasteiger partial charge in [-0.2, -0.15) is 0 Å². The van der Waals surface area contributed by atoms with Crippen LogP contribution in [-0.4, -0.2) is 4.57 Å². The van der Waals surface area contributed by atoms with Gasteiger partial charge in [-0.05, 0) is 13.0 Å². The predicted octanol–water partition coefficient (Wildman–Crippen LogP) is 2.83. The molecule has 0 saturated heterocycles. The van der Waals surface area contributed by atoms with Gasteiger partial charge in [0.05, 0.1) is 5.02 Å². The third kappa shape index (κ3) is 1.60. The molecule has 0 fully saturated rings. The summed E-state index contributed by atoms with van der Waals surface area (Å²) >= 11 is 17.0. The Morgan fingerprint density at radius 3 is 2.42 bits per heavy atom. The van der Waals surface area contributed by atoms with E-state index in [4.69, 9.17) is 34.8 Å². The van der Waals surface area contributed by atoms with Gasteiger partial charge in [-0.15, -0.1) is 0 Å². The van der Waals surface area contributed by atoms with E-state index >= 15 is 0 Å². The third-order valence-corrected chi connectivity index (χ3v) is 2.52. The molecule has 2 nitrogen and oxygen atoms in total. The quantitative estimate of drug-likeness (QED) is 0.675. The summed E-state index contributed by atoms with van der Waals surface area (Å²) in [5, 5.41) is 0.614. The highest BCUT2D eigenvalue weighted by Gasteiger charge is 2.08. The van der Waals surface area contributed by atoms with Crippen LogP contribution in [0.1, 0.15) is 6.92 Å². The van der Waals surface area contributed by atoms with E-state index < -0.39 is 0 Å². The number of nitrogens with zero attached hydrogens (tertiary/aromatic N) is 1. The van der Waals surface area contributed by atoms with Crippen molar-refractivity contribution in [1.29, 1.82) is 0 Å². The van der Waals surface area contributed by atoms with E-state index in [1.807, 2.05) is 0 Å². The van der Waals surface area contributed by atoms with Gasteiger partial charge in [0.1, 0.15) is 10.2 Å². The van der Waals surface area contributed by atoms with Crippen LogP contribution in [0, 0.1) is 0 Å². The first-order valence-corrected chi connectivity index (χ1v) is 4.45. The molecule has 0 bridgehead atoms. The topological polar surface area (TPSA) is 22.0 Å². The lowest BCUT2D eigenvalue weighted by Gasteiger charge is -2.06. The minimum Gasteiger partial charge on any atom is -0.297 e. The zero-order chi connectivity index (χ0) is 9.30. The molecule has 1 heterocycles. The second kappa shape index (κ2) is 3.69. The summed E-state index contributed by atoms with van der Waals surface area (Å²) in [7, 11) is 0. The van der Waals surface area contributed by atoms with Gasteiger partial charge in [-0.1, -0.05) is 34.8 Å². The molecule has 12 heavy (non-hydrogen) atoms. The van der Waals surface area contributed by atoms with Crippen molar-refractivity contribution < 1.29 is 0 Å². The first-order valence-electron chi connectivity index (χ1n) is 3.32. The number of halogens is 3. The molecule has 0 aliphatic rings. The molecule has 5 heteroatoms. The molecule has 0 aliphatic carbocycles. The lowest BCUT2D eigenvalue weighted by Crippen LogP contribution is -2.20. The van der Waals surface area contributed by atoms with Crippen LogP contribution >= 0.6 is 34.8 Å². The summed E-state index contributed by atoms with van der Waals surface area (Å²) in [4.78, 5) is 11.3. The van der Waals surface area contributed by atoms with Gasteiger partial charge in [-0.3, -0.25) is 9.36 Å². The first kappa shape index (κ1) is 9.90. The lowest BCUT2D eigenvalue weighted by atomic mass is 10.4. The van der Waals surface area contributed by atoms with Crippen molar-refractivity contribution in [3.05, 3.63) is 31.6 Å². The molecule has 0 amide bonds. The van der Waals surface area contributed by atoms with Crippen LogP contribution in [0.3, 0.4) is 0 Å². The highest BCUT2D eigenvalue weighted by Crippen LogP contribution is 2.22. The first-order chi connectivity index (χ1) is 5.57. The number of hydrogen-bond donors (Lipinski definition) is 0. The Labute approximate surface area is 84.7 Å². The normalized spacial score (nSPS) is 10.3. The average Bonchev–Trinajstić information content (AvgIpc) is 2.02. The molecule has 0 aliphatic heterocycles. The molecule has 0 radical (unpaired) electrons. The lowest BCUT2D eigenvalue weighted by molar-refractivity contribution is 0.728. The van der Waals surface area contributed by atoms with Crippen molar-refractivity contribution in [2.24, 2.45) is 0 Å². The van der Waals surface area contributed by atoms with Gasteiger partial charge in [-0.25, -0.2) is 0 Å². The molecule has 0 atom stereocenters. The van der Waals surface area contributed by atoms with Crippen molar-refractivity contribution in [2.75, 3.05) is 0 Å². The average molecular weight is 226 g/mol. The SMILES string of the molecule is CCn1c(Cl)c(Cl)cc(Cl)c1=O. The van der Waals surface area contributed by atoms with Crippen LogP contribution in [0.4, 0.5) is 0 Å². The molecule has 0 N–H and O–H groups in total. The van der Waals surface area contributed by atoms with Crippen molar-refractivity contribution >= 4 is 34.8 Å². The van der Waals surface area contributed by atoms with E-state index in [0.717, 1.165) is 0 Å². The van der Waals surface area contributed by atoms with E-state index in [0.29, 0.717) is 11.6 Å². The minimum absolute atomic E-state index is 0.0891. The molecular weight excluding hydrogens is 220 g/mol. The van der Waals surface area contributed by atoms with Crippen LogP contribution < -0.4 is 5.56 Å². The van der Waals surface area contributed by atoms with Crippen molar-refractivity contribution in [1.82, 2.24) is 4.57 Å². The number of rotatable bonds is 1. The zero-order valence-electron chi connectivity index (χ0n) is 6.27. The molecule has 66 valence electrons. The van der Waals surface area contributed by atoms with E-state index in [2.05, 4.69) is 0 Å². The molecular formula is C7H6Cl3NO. The van der Waals surface area contributed by atoms with E-state index in [-0.39, 0.29) is 15.7 Å². The molecule has 0 saturated carbocycles. The summed E-state index contributed by atoms with van der Waals surface area (Å²) in [6.45, 7) is 2.25. The molecule has 1 rings (SSSR count). The van der Waals surface area contributed by atoms with Gasteiger partial charge in [0.25, 0.3) is 5.56 Å². The Hall–Kier alpha value is -0.180. The second-order valence-electron chi connectivity index (χ2n) is 2.18. The molecule has 0 aromatic carbocycles. The Morgan fingerprint density at radius 1 is 1.33 bits per heavy atom. The molecule has 0 unspecified atom stereocenters. The van der Waals surface area contributed by atoms with Crippen molar-refractivity contribution in [3.8, 4) is 0 Å². The summed E-state index contributed by atoms with van der Waals surface area (Å²) in [5.74, 6) is 0. The fraction of sp³-hybridized carbons (Fsp3) is 0.286. The van der Waals surface area contributed by atoms with Gasteiger partial charge in [0, 0.05) is 6.54 Å². The summed E-state index contributed by atoms with van der Waals surface area (Å²) in [6.07, 6.45) is 0.